The number of carbonyl (C=O) groups excluding carboxylic acids is 1. The van der Waals surface area contributed by atoms with E-state index in [2.05, 4.69) is 10.2 Å². The van der Waals surface area contributed by atoms with Crippen LogP contribution >= 0.6 is 11.8 Å². The van der Waals surface area contributed by atoms with Crippen molar-refractivity contribution in [2.45, 2.75) is 10.4 Å². The molecule has 0 bridgehead atoms. The number of hydrogen-bond acceptors (Lipinski definition) is 6. The molecule has 2 heterocycles. The summed E-state index contributed by atoms with van der Waals surface area (Å²) in [5.41, 5.74) is 1.37. The second-order valence-corrected chi connectivity index (χ2v) is 7.61. The molecular weight excluding hydrogens is 393 g/mol. The molecule has 29 heavy (non-hydrogen) atoms. The number of carbonyl (C=O) groups is 1. The zero-order valence-electron chi connectivity index (χ0n) is 15.6. The maximum absolute atomic E-state index is 13.6. The molecule has 1 fully saturated rings. The summed E-state index contributed by atoms with van der Waals surface area (Å²) < 4.78 is 20.2. The number of halogens is 1. The normalized spacial score (nSPS) is 15.3. The summed E-state index contributed by atoms with van der Waals surface area (Å²) in [4.78, 5) is 15.0. The Morgan fingerprint density at radius 1 is 1.10 bits per heavy atom. The van der Waals surface area contributed by atoms with Gasteiger partial charge in [0.15, 0.2) is 5.82 Å². The largest absolute Gasteiger partial charge is 0.378 e. The molecule has 2 N–H and O–H groups in total. The number of rotatable bonds is 5. The maximum Gasteiger partial charge on any atom is 0.240 e. The minimum absolute atomic E-state index is 0.0280. The number of nitrogens with two attached hydrogens (primary N) is 1. The molecule has 4 rings (SSSR count). The summed E-state index contributed by atoms with van der Waals surface area (Å²) in [6, 6.07) is 15.5. The third-order valence-corrected chi connectivity index (χ3v) is 5.82. The van der Waals surface area contributed by atoms with Crippen LogP contribution in [0.1, 0.15) is 10.8 Å². The number of aromatic nitrogens is 3. The Bertz CT molecular complexity index is 992. The Morgan fingerprint density at radius 2 is 1.86 bits per heavy atom. The molecule has 1 aromatic heterocycles. The lowest BCUT2D eigenvalue weighted by atomic mass is 10.1. The Morgan fingerprint density at radius 3 is 2.59 bits per heavy atom. The number of morpholine rings is 1. The van der Waals surface area contributed by atoms with Gasteiger partial charge in [-0.3, -0.25) is 4.79 Å². The van der Waals surface area contributed by atoms with Crippen molar-refractivity contribution in [2.24, 2.45) is 0 Å². The summed E-state index contributed by atoms with van der Waals surface area (Å²) in [5, 5.41) is 8.10. The number of hydrogen-bond donors (Lipinski definition) is 1. The molecular formula is C20H20FN5O2S. The monoisotopic (exact) mass is 413 g/mol. The van der Waals surface area contributed by atoms with Gasteiger partial charge in [-0.15, -0.1) is 10.2 Å². The van der Waals surface area contributed by atoms with Gasteiger partial charge in [-0.1, -0.05) is 54.2 Å². The number of nitrogens with zero attached hydrogens (tertiary/aromatic N) is 4. The fourth-order valence-electron chi connectivity index (χ4n) is 3.13. The van der Waals surface area contributed by atoms with E-state index in [9.17, 15) is 9.18 Å². The van der Waals surface area contributed by atoms with E-state index in [0.29, 0.717) is 42.8 Å². The van der Waals surface area contributed by atoms with Gasteiger partial charge < -0.3 is 15.5 Å². The van der Waals surface area contributed by atoms with Crippen molar-refractivity contribution >= 4 is 17.7 Å². The van der Waals surface area contributed by atoms with Crippen LogP contribution in [0, 0.1) is 5.82 Å². The Hall–Kier alpha value is -2.91. The molecule has 1 unspecified atom stereocenters. The molecule has 2 aromatic carbocycles. The molecule has 1 aliphatic heterocycles. The van der Waals surface area contributed by atoms with Crippen LogP contribution in [0.2, 0.25) is 0 Å². The number of thioether (sulfide) groups is 1. The fourth-order valence-corrected chi connectivity index (χ4v) is 4.17. The molecule has 1 amide bonds. The van der Waals surface area contributed by atoms with Crippen LogP contribution in [0.4, 0.5) is 4.39 Å². The molecule has 1 atom stereocenters. The second kappa shape index (κ2) is 8.62. The van der Waals surface area contributed by atoms with E-state index in [4.69, 9.17) is 10.6 Å². The average molecular weight is 413 g/mol. The SMILES string of the molecule is Nn1c(SC(C(=O)N2CCOCC2)c2ccccc2)nnc1-c1cccc(F)c1. The first-order chi connectivity index (χ1) is 14.1. The molecule has 150 valence electrons. The lowest BCUT2D eigenvalue weighted by molar-refractivity contribution is -0.134. The van der Waals surface area contributed by atoms with Gasteiger partial charge in [-0.05, 0) is 17.7 Å². The first-order valence-corrected chi connectivity index (χ1v) is 10.1. The van der Waals surface area contributed by atoms with E-state index in [-0.39, 0.29) is 11.7 Å². The predicted molar refractivity (Wildman–Crippen MR) is 108 cm³/mol. The van der Waals surface area contributed by atoms with Crippen molar-refractivity contribution in [2.75, 3.05) is 32.1 Å². The van der Waals surface area contributed by atoms with Crippen LogP contribution in [-0.2, 0) is 9.53 Å². The molecule has 1 aliphatic rings. The molecule has 0 aliphatic carbocycles. The fraction of sp³-hybridized carbons (Fsp3) is 0.250. The lowest BCUT2D eigenvalue weighted by Crippen LogP contribution is -2.42. The Kier molecular flexibility index (Phi) is 5.77. The zero-order valence-corrected chi connectivity index (χ0v) is 16.4. The maximum atomic E-state index is 13.6. The first kappa shape index (κ1) is 19.4. The molecule has 0 saturated carbocycles. The topological polar surface area (TPSA) is 86.3 Å². The van der Waals surface area contributed by atoms with E-state index in [1.165, 1.54) is 28.6 Å². The van der Waals surface area contributed by atoms with Crippen molar-refractivity contribution in [1.29, 1.82) is 0 Å². The summed E-state index contributed by atoms with van der Waals surface area (Å²) >= 11 is 1.23. The number of benzene rings is 2. The number of nitrogen functional groups attached to an aromatic ring is 1. The standard InChI is InChI=1S/C20H20FN5O2S/c21-16-8-4-7-15(13-16)18-23-24-20(26(18)22)29-17(14-5-2-1-3-6-14)19(27)25-9-11-28-12-10-25/h1-8,13,17H,9-12,22H2. The number of amides is 1. The summed E-state index contributed by atoms with van der Waals surface area (Å²) in [6.45, 7) is 2.14. The smallest absolute Gasteiger partial charge is 0.240 e. The van der Waals surface area contributed by atoms with Crippen molar-refractivity contribution in [3.8, 4) is 11.4 Å². The van der Waals surface area contributed by atoms with Gasteiger partial charge in [0, 0.05) is 18.7 Å². The van der Waals surface area contributed by atoms with E-state index < -0.39 is 5.25 Å². The minimum atomic E-state index is -0.527. The number of ether oxygens (including phenoxy) is 1. The van der Waals surface area contributed by atoms with Gasteiger partial charge in [0.25, 0.3) is 0 Å². The quantitative estimate of drug-likeness (QED) is 0.511. The summed E-state index contributed by atoms with van der Waals surface area (Å²) in [7, 11) is 0. The van der Waals surface area contributed by atoms with E-state index in [1.807, 2.05) is 30.3 Å². The van der Waals surface area contributed by atoms with Gasteiger partial charge in [-0.2, -0.15) is 0 Å². The minimum Gasteiger partial charge on any atom is -0.378 e. The molecule has 1 saturated heterocycles. The van der Waals surface area contributed by atoms with Crippen LogP contribution < -0.4 is 5.84 Å². The van der Waals surface area contributed by atoms with Crippen molar-refractivity contribution in [3.05, 3.63) is 66.0 Å². The summed E-state index contributed by atoms with van der Waals surface area (Å²) in [5.74, 6) is 6.11. The molecule has 0 radical (unpaired) electrons. The van der Waals surface area contributed by atoms with Gasteiger partial charge in [-0.25, -0.2) is 9.07 Å². The molecule has 7 nitrogen and oxygen atoms in total. The highest BCUT2D eigenvalue weighted by Gasteiger charge is 2.30. The highest BCUT2D eigenvalue weighted by atomic mass is 32.2. The second-order valence-electron chi connectivity index (χ2n) is 6.53. The highest BCUT2D eigenvalue weighted by molar-refractivity contribution is 8.00. The highest BCUT2D eigenvalue weighted by Crippen LogP contribution is 2.36. The van der Waals surface area contributed by atoms with Crippen LogP contribution in [0.5, 0.6) is 0 Å². The zero-order chi connectivity index (χ0) is 20.2. The van der Waals surface area contributed by atoms with E-state index in [1.54, 1.807) is 17.0 Å². The Balaban J connectivity index is 1.64. The van der Waals surface area contributed by atoms with Crippen molar-refractivity contribution in [3.63, 3.8) is 0 Å². The molecule has 0 spiro atoms. The van der Waals surface area contributed by atoms with Crippen molar-refractivity contribution < 1.29 is 13.9 Å². The van der Waals surface area contributed by atoms with Crippen LogP contribution in [0.15, 0.2) is 59.8 Å². The third-order valence-electron chi connectivity index (χ3n) is 4.62. The average Bonchev–Trinajstić information content (AvgIpc) is 3.13. The van der Waals surface area contributed by atoms with Crippen LogP contribution in [0.25, 0.3) is 11.4 Å². The van der Waals surface area contributed by atoms with Gasteiger partial charge in [0.1, 0.15) is 11.1 Å². The third kappa shape index (κ3) is 4.25. The van der Waals surface area contributed by atoms with Crippen molar-refractivity contribution in [1.82, 2.24) is 19.8 Å². The first-order valence-electron chi connectivity index (χ1n) is 9.18. The molecule has 9 heteroatoms. The van der Waals surface area contributed by atoms with E-state index in [0.717, 1.165) is 5.56 Å². The lowest BCUT2D eigenvalue weighted by Gasteiger charge is -2.30. The van der Waals surface area contributed by atoms with Gasteiger partial charge in [0.05, 0.1) is 13.2 Å². The Labute approximate surface area is 171 Å². The van der Waals surface area contributed by atoms with Crippen LogP contribution in [0.3, 0.4) is 0 Å². The van der Waals surface area contributed by atoms with Gasteiger partial charge >= 0.3 is 0 Å². The predicted octanol–water partition coefficient (Wildman–Crippen LogP) is 2.49. The van der Waals surface area contributed by atoms with Crippen LogP contribution in [-0.4, -0.2) is 52.0 Å². The van der Waals surface area contributed by atoms with E-state index >= 15 is 0 Å². The molecule has 3 aromatic rings. The van der Waals surface area contributed by atoms with Gasteiger partial charge in [0.2, 0.25) is 11.1 Å². The summed E-state index contributed by atoms with van der Waals surface area (Å²) in [6.07, 6.45) is 0.